The van der Waals surface area contributed by atoms with E-state index in [0.717, 1.165) is 18.4 Å². The van der Waals surface area contributed by atoms with Crippen LogP contribution >= 0.6 is 0 Å². The number of rotatable bonds is 4. The number of piperidine rings is 1. The molecule has 24 heavy (non-hydrogen) atoms. The molecular weight excluding hydrogens is 328 g/mol. The first-order valence-electron chi connectivity index (χ1n) is 8.48. The highest BCUT2D eigenvalue weighted by Crippen LogP contribution is 2.24. The number of aliphatic hydroxyl groups is 1. The summed E-state index contributed by atoms with van der Waals surface area (Å²) in [4.78, 5) is 14.2. The third-order valence-electron chi connectivity index (χ3n) is 4.81. The Labute approximate surface area is 143 Å². The number of sulfonamides is 1. The molecule has 2 heterocycles. The van der Waals surface area contributed by atoms with Gasteiger partial charge in [-0.2, -0.15) is 4.31 Å². The minimum atomic E-state index is -3.17. The summed E-state index contributed by atoms with van der Waals surface area (Å²) in [6.45, 7) is 1.50. The van der Waals surface area contributed by atoms with Gasteiger partial charge in [-0.15, -0.1) is 0 Å². The van der Waals surface area contributed by atoms with E-state index in [-0.39, 0.29) is 24.1 Å². The van der Waals surface area contributed by atoms with Crippen molar-refractivity contribution in [2.24, 2.45) is 0 Å². The molecule has 6 nitrogen and oxygen atoms in total. The lowest BCUT2D eigenvalue weighted by atomic mass is 10.0. The van der Waals surface area contributed by atoms with E-state index in [2.05, 4.69) is 0 Å². The molecule has 0 saturated carbocycles. The molecule has 1 N–H and O–H groups in total. The van der Waals surface area contributed by atoms with Crippen LogP contribution in [-0.4, -0.2) is 66.2 Å². The molecule has 1 aromatic rings. The molecule has 0 aromatic heterocycles. The van der Waals surface area contributed by atoms with Crippen LogP contribution < -0.4 is 0 Å². The number of benzene rings is 1. The van der Waals surface area contributed by atoms with E-state index in [9.17, 15) is 18.3 Å². The maximum atomic E-state index is 12.5. The zero-order chi connectivity index (χ0) is 17.2. The number of carbonyl (C=O) groups excluding carboxylic acids is 1. The third-order valence-corrected chi connectivity index (χ3v) is 6.81. The Morgan fingerprint density at radius 3 is 2.62 bits per heavy atom. The number of carbonyl (C=O) groups is 1. The van der Waals surface area contributed by atoms with Crippen LogP contribution in [0, 0.1) is 0 Å². The molecule has 0 aliphatic carbocycles. The van der Waals surface area contributed by atoms with Crippen LogP contribution in [0.25, 0.3) is 0 Å². The predicted molar refractivity (Wildman–Crippen MR) is 90.9 cm³/mol. The number of amides is 1. The summed E-state index contributed by atoms with van der Waals surface area (Å²) in [6.07, 6.45) is 1.39. The number of aliphatic hydroxyl groups excluding tert-OH is 1. The van der Waals surface area contributed by atoms with Gasteiger partial charge < -0.3 is 10.0 Å². The SMILES string of the molecule is O=C([C@@H](O)Cc1ccccc1)N1CCCC(N2CCCS2(=O)=O)C1. The van der Waals surface area contributed by atoms with E-state index in [1.54, 1.807) is 9.21 Å². The molecule has 0 radical (unpaired) electrons. The Hall–Kier alpha value is -1.44. The van der Waals surface area contributed by atoms with E-state index in [1.165, 1.54) is 0 Å². The van der Waals surface area contributed by atoms with Gasteiger partial charge in [0.2, 0.25) is 10.0 Å². The molecule has 2 atom stereocenters. The summed E-state index contributed by atoms with van der Waals surface area (Å²) >= 11 is 0. The van der Waals surface area contributed by atoms with Gasteiger partial charge in [0, 0.05) is 32.1 Å². The predicted octanol–water partition coefficient (Wildman–Crippen LogP) is 0.617. The summed E-state index contributed by atoms with van der Waals surface area (Å²) in [5.41, 5.74) is 0.911. The first kappa shape index (κ1) is 17.4. The van der Waals surface area contributed by atoms with Gasteiger partial charge in [0.05, 0.1) is 5.75 Å². The van der Waals surface area contributed by atoms with Crippen molar-refractivity contribution in [1.82, 2.24) is 9.21 Å². The second-order valence-electron chi connectivity index (χ2n) is 6.57. The van der Waals surface area contributed by atoms with Crippen LogP contribution in [0.2, 0.25) is 0 Å². The maximum Gasteiger partial charge on any atom is 0.251 e. The van der Waals surface area contributed by atoms with Gasteiger partial charge in [0.25, 0.3) is 5.91 Å². The summed E-state index contributed by atoms with van der Waals surface area (Å²) in [6, 6.07) is 9.25. The number of hydrogen-bond donors (Lipinski definition) is 1. The van der Waals surface area contributed by atoms with Gasteiger partial charge in [-0.1, -0.05) is 30.3 Å². The molecule has 2 aliphatic rings. The molecule has 0 spiro atoms. The number of likely N-dealkylation sites (tertiary alicyclic amines) is 1. The second-order valence-corrected chi connectivity index (χ2v) is 8.61. The van der Waals surface area contributed by atoms with Gasteiger partial charge >= 0.3 is 0 Å². The summed E-state index contributed by atoms with van der Waals surface area (Å²) in [5, 5.41) is 10.3. The first-order chi connectivity index (χ1) is 11.5. The Morgan fingerprint density at radius 1 is 1.21 bits per heavy atom. The van der Waals surface area contributed by atoms with Crippen LogP contribution in [0.4, 0.5) is 0 Å². The quantitative estimate of drug-likeness (QED) is 0.862. The van der Waals surface area contributed by atoms with Crippen molar-refractivity contribution in [1.29, 1.82) is 0 Å². The molecule has 2 aliphatic heterocycles. The average Bonchev–Trinajstić information content (AvgIpc) is 2.94. The Bertz CT molecular complexity index is 677. The van der Waals surface area contributed by atoms with Gasteiger partial charge in [-0.3, -0.25) is 4.79 Å². The lowest BCUT2D eigenvalue weighted by Crippen LogP contribution is -2.52. The average molecular weight is 352 g/mol. The maximum absolute atomic E-state index is 12.5. The smallest absolute Gasteiger partial charge is 0.251 e. The van der Waals surface area contributed by atoms with Crippen molar-refractivity contribution in [3.05, 3.63) is 35.9 Å². The van der Waals surface area contributed by atoms with Crippen molar-refractivity contribution in [3.8, 4) is 0 Å². The molecule has 1 aromatic carbocycles. The molecule has 2 saturated heterocycles. The molecule has 1 amide bonds. The molecule has 7 heteroatoms. The van der Waals surface area contributed by atoms with Crippen LogP contribution in [0.3, 0.4) is 0 Å². The van der Waals surface area contributed by atoms with Crippen LogP contribution in [0.1, 0.15) is 24.8 Å². The highest BCUT2D eigenvalue weighted by atomic mass is 32.2. The van der Waals surface area contributed by atoms with Crippen molar-refractivity contribution in [3.63, 3.8) is 0 Å². The van der Waals surface area contributed by atoms with Crippen molar-refractivity contribution in [2.75, 3.05) is 25.4 Å². The number of nitrogens with zero attached hydrogens (tertiary/aromatic N) is 2. The van der Waals surface area contributed by atoms with E-state index in [4.69, 9.17) is 0 Å². The van der Waals surface area contributed by atoms with Crippen molar-refractivity contribution >= 4 is 15.9 Å². The standard InChI is InChI=1S/C17H24N2O4S/c20-16(12-14-6-2-1-3-7-14)17(21)18-9-4-8-15(13-18)19-10-5-11-24(19,22)23/h1-3,6-7,15-16,20H,4-5,8-13H2/t15?,16-/m0/s1. The van der Waals surface area contributed by atoms with E-state index >= 15 is 0 Å². The fraction of sp³-hybridized carbons (Fsp3) is 0.588. The minimum Gasteiger partial charge on any atom is -0.383 e. The van der Waals surface area contributed by atoms with E-state index in [0.29, 0.717) is 26.1 Å². The highest BCUT2D eigenvalue weighted by molar-refractivity contribution is 7.89. The molecule has 2 fully saturated rings. The van der Waals surface area contributed by atoms with Crippen molar-refractivity contribution in [2.45, 2.75) is 37.8 Å². The van der Waals surface area contributed by atoms with Gasteiger partial charge in [-0.05, 0) is 24.8 Å². The zero-order valence-electron chi connectivity index (χ0n) is 13.7. The highest BCUT2D eigenvalue weighted by Gasteiger charge is 2.38. The van der Waals surface area contributed by atoms with Crippen LogP contribution in [-0.2, 0) is 21.2 Å². The Balaban J connectivity index is 1.62. The second kappa shape index (κ2) is 7.21. The fourth-order valence-electron chi connectivity index (χ4n) is 3.59. The summed E-state index contributed by atoms with van der Waals surface area (Å²) in [5.74, 6) is -0.103. The Kier molecular flexibility index (Phi) is 5.22. The van der Waals surface area contributed by atoms with E-state index < -0.39 is 16.1 Å². The topological polar surface area (TPSA) is 77.9 Å². The molecule has 1 unspecified atom stereocenters. The monoisotopic (exact) mass is 352 g/mol. The van der Waals surface area contributed by atoms with Gasteiger partial charge in [0.15, 0.2) is 0 Å². The minimum absolute atomic E-state index is 0.154. The van der Waals surface area contributed by atoms with Gasteiger partial charge in [0.1, 0.15) is 6.10 Å². The largest absolute Gasteiger partial charge is 0.383 e. The Morgan fingerprint density at radius 2 is 1.96 bits per heavy atom. The normalized spacial score (nSPS) is 25.5. The lowest BCUT2D eigenvalue weighted by molar-refractivity contribution is -0.141. The molecule has 3 rings (SSSR count). The third kappa shape index (κ3) is 3.79. The molecule has 132 valence electrons. The number of hydrogen-bond acceptors (Lipinski definition) is 4. The van der Waals surface area contributed by atoms with E-state index in [1.807, 2.05) is 30.3 Å². The fourth-order valence-corrected chi connectivity index (χ4v) is 5.36. The van der Waals surface area contributed by atoms with Crippen LogP contribution in [0.15, 0.2) is 30.3 Å². The van der Waals surface area contributed by atoms with Gasteiger partial charge in [-0.25, -0.2) is 8.42 Å². The molecule has 0 bridgehead atoms. The molecular formula is C17H24N2O4S. The first-order valence-corrected chi connectivity index (χ1v) is 10.1. The van der Waals surface area contributed by atoms with Crippen molar-refractivity contribution < 1.29 is 18.3 Å². The lowest BCUT2D eigenvalue weighted by Gasteiger charge is -2.37. The summed E-state index contributed by atoms with van der Waals surface area (Å²) < 4.78 is 25.7. The zero-order valence-corrected chi connectivity index (χ0v) is 14.5. The van der Waals surface area contributed by atoms with Crippen LogP contribution in [0.5, 0.6) is 0 Å². The summed E-state index contributed by atoms with van der Waals surface area (Å²) in [7, 11) is -3.17.